The van der Waals surface area contributed by atoms with Gasteiger partial charge in [-0.05, 0) is 19.1 Å². The summed E-state index contributed by atoms with van der Waals surface area (Å²) in [5.41, 5.74) is 0.804. The van der Waals surface area contributed by atoms with Gasteiger partial charge in [0.15, 0.2) is 0 Å². The van der Waals surface area contributed by atoms with E-state index in [-0.39, 0.29) is 17.5 Å². The van der Waals surface area contributed by atoms with Crippen LogP contribution >= 0.6 is 0 Å². The minimum Gasteiger partial charge on any atom is -0.506 e. The second-order valence-corrected chi connectivity index (χ2v) is 5.01. The van der Waals surface area contributed by atoms with Gasteiger partial charge in [0.05, 0.1) is 5.69 Å². The van der Waals surface area contributed by atoms with E-state index in [9.17, 15) is 9.90 Å². The van der Waals surface area contributed by atoms with Crippen LogP contribution in [0, 0.1) is 6.92 Å². The molecule has 7 heteroatoms. The van der Waals surface area contributed by atoms with Crippen LogP contribution in [0.3, 0.4) is 0 Å². The van der Waals surface area contributed by atoms with E-state index < -0.39 is 0 Å². The summed E-state index contributed by atoms with van der Waals surface area (Å²) in [7, 11) is 0. The van der Waals surface area contributed by atoms with Gasteiger partial charge in [-0.2, -0.15) is 0 Å². The largest absolute Gasteiger partial charge is 0.506 e. The lowest BCUT2D eigenvalue weighted by Gasteiger charge is -2.35. The number of para-hydroxylation sites is 2. The van der Waals surface area contributed by atoms with Gasteiger partial charge in [0.25, 0.3) is 5.91 Å². The molecule has 1 aliphatic rings. The third-order valence-corrected chi connectivity index (χ3v) is 3.58. The molecule has 1 fully saturated rings. The molecule has 0 aliphatic carbocycles. The van der Waals surface area contributed by atoms with Crippen molar-refractivity contribution in [2.45, 2.75) is 6.92 Å². The summed E-state index contributed by atoms with van der Waals surface area (Å²) in [6, 6.07) is 7.24. The molecule has 7 nitrogen and oxygen atoms in total. The van der Waals surface area contributed by atoms with Gasteiger partial charge in [-0.25, -0.2) is 4.98 Å². The van der Waals surface area contributed by atoms with Crippen LogP contribution in [-0.2, 0) is 0 Å². The highest BCUT2D eigenvalue weighted by Gasteiger charge is 2.25. The fourth-order valence-corrected chi connectivity index (χ4v) is 2.46. The van der Waals surface area contributed by atoms with Gasteiger partial charge in [-0.1, -0.05) is 12.1 Å². The molecule has 110 valence electrons. The van der Waals surface area contributed by atoms with Crippen molar-refractivity contribution in [2.24, 2.45) is 0 Å². The van der Waals surface area contributed by atoms with Crippen molar-refractivity contribution in [3.05, 3.63) is 35.9 Å². The van der Waals surface area contributed by atoms with E-state index >= 15 is 0 Å². The number of amides is 1. The Labute approximate surface area is 122 Å². The Bertz CT molecular complexity index is 646. The Morgan fingerprint density at radius 2 is 1.95 bits per heavy atom. The van der Waals surface area contributed by atoms with Gasteiger partial charge >= 0.3 is 0 Å². The number of benzene rings is 1. The first-order chi connectivity index (χ1) is 10.1. The van der Waals surface area contributed by atoms with Gasteiger partial charge in [0.2, 0.25) is 5.82 Å². The van der Waals surface area contributed by atoms with E-state index in [1.807, 2.05) is 12.1 Å². The molecule has 0 radical (unpaired) electrons. The van der Waals surface area contributed by atoms with Crippen LogP contribution in [-0.4, -0.2) is 57.3 Å². The molecule has 21 heavy (non-hydrogen) atoms. The quantitative estimate of drug-likeness (QED) is 0.852. The second-order valence-electron chi connectivity index (χ2n) is 5.01. The fraction of sp³-hybridized carbons (Fsp3) is 0.357. The first-order valence-electron chi connectivity index (χ1n) is 6.86. The van der Waals surface area contributed by atoms with Crippen molar-refractivity contribution in [1.29, 1.82) is 0 Å². The molecule has 2 heterocycles. The fourth-order valence-electron chi connectivity index (χ4n) is 2.46. The minimum atomic E-state index is -0.156. The number of phenols is 1. The van der Waals surface area contributed by atoms with Crippen molar-refractivity contribution in [2.75, 3.05) is 31.1 Å². The molecule has 1 aliphatic heterocycles. The second kappa shape index (κ2) is 5.43. The van der Waals surface area contributed by atoms with E-state index in [1.54, 1.807) is 24.0 Å². The smallest absolute Gasteiger partial charge is 0.293 e. The monoisotopic (exact) mass is 287 g/mol. The number of carbonyl (C=O) groups excluding carboxylic acids is 1. The number of nitrogens with one attached hydrogen (secondary N) is 1. The average Bonchev–Trinajstić information content (AvgIpc) is 2.94. The number of piperazine rings is 1. The Hall–Kier alpha value is -2.57. The molecule has 0 atom stereocenters. The highest BCUT2D eigenvalue weighted by molar-refractivity contribution is 5.90. The Morgan fingerprint density at radius 3 is 2.57 bits per heavy atom. The number of nitrogens with zero attached hydrogens (tertiary/aromatic N) is 4. The van der Waals surface area contributed by atoms with Crippen LogP contribution in [0.5, 0.6) is 5.75 Å². The number of hydrogen-bond acceptors (Lipinski definition) is 5. The number of H-pyrrole nitrogens is 1. The summed E-state index contributed by atoms with van der Waals surface area (Å²) in [5.74, 6) is 0.952. The normalized spacial score (nSPS) is 15.3. The number of aromatic amines is 1. The summed E-state index contributed by atoms with van der Waals surface area (Å²) in [5, 5.41) is 16.5. The summed E-state index contributed by atoms with van der Waals surface area (Å²) >= 11 is 0. The number of phenolic OH excluding ortho intramolecular Hbond substituents is 1. The maximum Gasteiger partial charge on any atom is 0.293 e. The third-order valence-electron chi connectivity index (χ3n) is 3.58. The van der Waals surface area contributed by atoms with E-state index in [4.69, 9.17) is 0 Å². The number of aryl methyl sites for hydroxylation is 1. The number of rotatable bonds is 2. The molecule has 1 aromatic heterocycles. The molecule has 0 saturated carbocycles. The van der Waals surface area contributed by atoms with Crippen LogP contribution in [0.2, 0.25) is 0 Å². The zero-order valence-corrected chi connectivity index (χ0v) is 11.8. The molecule has 2 aromatic rings. The van der Waals surface area contributed by atoms with Gasteiger partial charge in [0, 0.05) is 26.2 Å². The van der Waals surface area contributed by atoms with Crippen molar-refractivity contribution >= 4 is 11.6 Å². The number of carbonyl (C=O) groups is 1. The zero-order valence-electron chi connectivity index (χ0n) is 11.8. The average molecular weight is 287 g/mol. The predicted molar refractivity (Wildman–Crippen MR) is 77.3 cm³/mol. The standard InChI is InChI=1S/C14H17N5O2/c1-10-15-13(17-16-10)14(21)19-8-6-18(7-9-19)11-4-2-3-5-12(11)20/h2-5,20H,6-9H2,1H3,(H,15,16,17). The first kappa shape index (κ1) is 13.4. The number of hydrogen-bond donors (Lipinski definition) is 2. The summed E-state index contributed by atoms with van der Waals surface area (Å²) in [6.45, 7) is 4.28. The van der Waals surface area contributed by atoms with E-state index in [2.05, 4.69) is 20.1 Å². The summed E-state index contributed by atoms with van der Waals surface area (Å²) in [4.78, 5) is 20.1. The molecule has 0 unspecified atom stereocenters. The predicted octanol–water partition coefficient (Wildman–Crippen LogP) is 0.781. The lowest BCUT2D eigenvalue weighted by Crippen LogP contribution is -2.49. The molecular weight excluding hydrogens is 270 g/mol. The molecule has 0 bridgehead atoms. The van der Waals surface area contributed by atoms with Crippen LogP contribution < -0.4 is 4.90 Å². The molecular formula is C14H17N5O2. The highest BCUT2D eigenvalue weighted by atomic mass is 16.3. The van der Waals surface area contributed by atoms with Crippen molar-refractivity contribution in [3.8, 4) is 5.75 Å². The lowest BCUT2D eigenvalue weighted by atomic mass is 10.2. The number of aromatic hydroxyl groups is 1. The Kier molecular flexibility index (Phi) is 3.47. The molecule has 3 rings (SSSR count). The molecule has 2 N–H and O–H groups in total. The summed E-state index contributed by atoms with van der Waals surface area (Å²) in [6.07, 6.45) is 0. The molecule has 1 aromatic carbocycles. The third kappa shape index (κ3) is 2.67. The maximum atomic E-state index is 12.2. The van der Waals surface area contributed by atoms with Crippen LogP contribution in [0.25, 0.3) is 0 Å². The van der Waals surface area contributed by atoms with Crippen LogP contribution in [0.4, 0.5) is 5.69 Å². The zero-order chi connectivity index (χ0) is 14.8. The van der Waals surface area contributed by atoms with Gasteiger partial charge in [0.1, 0.15) is 11.6 Å². The van der Waals surface area contributed by atoms with Gasteiger partial charge in [-0.3, -0.25) is 9.89 Å². The maximum absolute atomic E-state index is 12.2. The topological polar surface area (TPSA) is 85.3 Å². The van der Waals surface area contributed by atoms with E-state index in [1.165, 1.54) is 0 Å². The SMILES string of the molecule is Cc1nc(C(=O)N2CCN(c3ccccc3O)CC2)n[nH]1. The Morgan fingerprint density at radius 1 is 1.24 bits per heavy atom. The van der Waals surface area contributed by atoms with Crippen LogP contribution in [0.15, 0.2) is 24.3 Å². The van der Waals surface area contributed by atoms with Gasteiger partial charge in [-0.15, -0.1) is 5.10 Å². The summed E-state index contributed by atoms with van der Waals surface area (Å²) < 4.78 is 0. The number of aromatic nitrogens is 3. The highest BCUT2D eigenvalue weighted by Crippen LogP contribution is 2.27. The molecule has 1 amide bonds. The van der Waals surface area contributed by atoms with Gasteiger partial charge < -0.3 is 14.9 Å². The van der Waals surface area contributed by atoms with Crippen molar-refractivity contribution in [1.82, 2.24) is 20.1 Å². The van der Waals surface area contributed by atoms with Crippen molar-refractivity contribution < 1.29 is 9.90 Å². The van der Waals surface area contributed by atoms with Crippen LogP contribution in [0.1, 0.15) is 16.4 Å². The first-order valence-corrected chi connectivity index (χ1v) is 6.86. The van der Waals surface area contributed by atoms with E-state index in [0.717, 1.165) is 5.69 Å². The van der Waals surface area contributed by atoms with Crippen molar-refractivity contribution in [3.63, 3.8) is 0 Å². The molecule has 1 saturated heterocycles. The van der Waals surface area contributed by atoms with E-state index in [0.29, 0.717) is 32.0 Å². The Balaban J connectivity index is 1.65. The number of anilines is 1. The molecule has 0 spiro atoms. The lowest BCUT2D eigenvalue weighted by molar-refractivity contribution is 0.0735. The minimum absolute atomic E-state index is 0.156.